The molecule has 0 amide bonds. The normalized spacial score (nSPS) is 11.4. The molecule has 0 aliphatic rings. The monoisotopic (exact) mass is 235 g/mol. The van der Waals surface area contributed by atoms with E-state index in [2.05, 4.69) is 0 Å². The van der Waals surface area contributed by atoms with Gasteiger partial charge >= 0.3 is 5.97 Å². The molecule has 1 aromatic heterocycles. The summed E-state index contributed by atoms with van der Waals surface area (Å²) in [6.45, 7) is 3.80. The van der Waals surface area contributed by atoms with Gasteiger partial charge in [-0.3, -0.25) is 0 Å². The molecule has 0 atom stereocenters. The fourth-order valence-electron chi connectivity index (χ4n) is 2.36. The molecule has 0 unspecified atom stereocenters. The van der Waals surface area contributed by atoms with Crippen molar-refractivity contribution in [1.82, 2.24) is 4.57 Å². The third-order valence-electron chi connectivity index (χ3n) is 2.98. The predicted molar refractivity (Wildman–Crippen MR) is 63.9 cm³/mol. The smallest absolute Gasteiger partial charge is 0.338 e. The number of rotatable bonds is 2. The number of aryl methyl sites for hydroxylation is 1. The van der Waals surface area contributed by atoms with Crippen LogP contribution in [0.4, 0.5) is 4.39 Å². The Bertz CT molecular complexity index is 599. The summed E-state index contributed by atoms with van der Waals surface area (Å²) in [6.07, 6.45) is 0. The highest BCUT2D eigenvalue weighted by Gasteiger charge is 2.24. The van der Waals surface area contributed by atoms with Crippen LogP contribution >= 0.6 is 0 Å². The molecule has 0 spiro atoms. The average Bonchev–Trinajstić information content (AvgIpc) is 2.54. The molecule has 0 aliphatic carbocycles. The molecule has 0 radical (unpaired) electrons. The molecule has 1 aromatic carbocycles. The largest absolute Gasteiger partial charge is 0.478 e. The Morgan fingerprint density at radius 3 is 2.59 bits per heavy atom. The standard InChI is InChI=1S/C13H14FNO2/c1-7(2)12-11(13(16)17)10-8(14)5-4-6-9(10)15(12)3/h4-7H,1-3H3,(H,16,17). The highest BCUT2D eigenvalue weighted by Crippen LogP contribution is 2.31. The lowest BCUT2D eigenvalue weighted by Gasteiger charge is -2.08. The van der Waals surface area contributed by atoms with E-state index in [9.17, 15) is 14.3 Å². The number of hydrogen-bond acceptors (Lipinski definition) is 1. The number of carboxylic acids is 1. The van der Waals surface area contributed by atoms with Gasteiger partial charge in [0.05, 0.1) is 16.5 Å². The van der Waals surface area contributed by atoms with Crippen LogP contribution in [0, 0.1) is 5.82 Å². The Balaban J connectivity index is 2.99. The Labute approximate surface area is 98.5 Å². The number of aromatic carboxylic acids is 1. The fraction of sp³-hybridized carbons (Fsp3) is 0.308. The van der Waals surface area contributed by atoms with Crippen LogP contribution in [0.5, 0.6) is 0 Å². The van der Waals surface area contributed by atoms with Gasteiger partial charge in [0.15, 0.2) is 0 Å². The van der Waals surface area contributed by atoms with Gasteiger partial charge in [-0.2, -0.15) is 0 Å². The van der Waals surface area contributed by atoms with Crippen molar-refractivity contribution in [1.29, 1.82) is 0 Å². The lowest BCUT2D eigenvalue weighted by Crippen LogP contribution is -2.06. The van der Waals surface area contributed by atoms with Crippen LogP contribution in [0.3, 0.4) is 0 Å². The summed E-state index contributed by atoms with van der Waals surface area (Å²) >= 11 is 0. The van der Waals surface area contributed by atoms with Crippen LogP contribution in [0.2, 0.25) is 0 Å². The fourth-order valence-corrected chi connectivity index (χ4v) is 2.36. The van der Waals surface area contributed by atoms with Crippen molar-refractivity contribution < 1.29 is 14.3 Å². The summed E-state index contributed by atoms with van der Waals surface area (Å²) in [4.78, 5) is 11.3. The maximum atomic E-state index is 13.8. The summed E-state index contributed by atoms with van der Waals surface area (Å²) in [7, 11) is 1.77. The number of benzene rings is 1. The predicted octanol–water partition coefficient (Wildman–Crippen LogP) is 3.14. The molecule has 0 saturated carbocycles. The van der Waals surface area contributed by atoms with Gasteiger partial charge in [-0.15, -0.1) is 0 Å². The summed E-state index contributed by atoms with van der Waals surface area (Å²) < 4.78 is 15.5. The van der Waals surface area contributed by atoms with Crippen molar-refractivity contribution >= 4 is 16.9 Å². The highest BCUT2D eigenvalue weighted by atomic mass is 19.1. The first kappa shape index (κ1) is 11.6. The minimum absolute atomic E-state index is 0.0258. The average molecular weight is 235 g/mol. The van der Waals surface area contributed by atoms with E-state index in [1.807, 2.05) is 13.8 Å². The third-order valence-corrected chi connectivity index (χ3v) is 2.98. The van der Waals surface area contributed by atoms with Gasteiger partial charge in [0, 0.05) is 12.7 Å². The Hall–Kier alpha value is -1.84. The first-order valence-electron chi connectivity index (χ1n) is 5.45. The zero-order valence-electron chi connectivity index (χ0n) is 9.99. The Kier molecular flexibility index (Phi) is 2.65. The number of nitrogens with zero attached hydrogens (tertiary/aromatic N) is 1. The second kappa shape index (κ2) is 3.87. The molecule has 2 rings (SSSR count). The Morgan fingerprint density at radius 1 is 1.41 bits per heavy atom. The number of carbonyl (C=O) groups is 1. The summed E-state index contributed by atoms with van der Waals surface area (Å²) in [5.41, 5.74) is 1.35. The van der Waals surface area contributed by atoms with Crippen molar-refractivity contribution in [3.63, 3.8) is 0 Å². The van der Waals surface area contributed by atoms with Crippen LogP contribution in [-0.4, -0.2) is 15.6 Å². The molecule has 0 bridgehead atoms. The summed E-state index contributed by atoms with van der Waals surface area (Å²) in [6, 6.07) is 4.61. The second-order valence-corrected chi connectivity index (χ2v) is 4.41. The van der Waals surface area contributed by atoms with Crippen molar-refractivity contribution in [2.75, 3.05) is 0 Å². The number of fused-ring (bicyclic) bond motifs is 1. The molecule has 3 nitrogen and oxygen atoms in total. The number of halogens is 1. The summed E-state index contributed by atoms with van der Waals surface area (Å²) in [5.74, 6) is -1.54. The van der Waals surface area contributed by atoms with E-state index in [1.54, 1.807) is 23.7 Å². The molecule has 4 heteroatoms. The second-order valence-electron chi connectivity index (χ2n) is 4.41. The molecule has 0 saturated heterocycles. The zero-order chi connectivity index (χ0) is 12.7. The van der Waals surface area contributed by atoms with Crippen LogP contribution < -0.4 is 0 Å². The topological polar surface area (TPSA) is 42.2 Å². The molecule has 17 heavy (non-hydrogen) atoms. The van der Waals surface area contributed by atoms with E-state index in [1.165, 1.54) is 6.07 Å². The molecule has 0 fully saturated rings. The first-order chi connectivity index (χ1) is 7.95. The quantitative estimate of drug-likeness (QED) is 0.868. The van der Waals surface area contributed by atoms with Gasteiger partial charge in [-0.25, -0.2) is 9.18 Å². The van der Waals surface area contributed by atoms with Gasteiger partial charge in [0.2, 0.25) is 0 Å². The van der Waals surface area contributed by atoms with E-state index >= 15 is 0 Å². The van der Waals surface area contributed by atoms with Crippen molar-refractivity contribution in [2.24, 2.45) is 7.05 Å². The highest BCUT2D eigenvalue weighted by molar-refractivity contribution is 6.05. The Morgan fingerprint density at radius 2 is 2.06 bits per heavy atom. The van der Waals surface area contributed by atoms with Crippen LogP contribution in [0.1, 0.15) is 35.8 Å². The SMILES string of the molecule is CC(C)c1c(C(=O)O)c2c(F)cccc2n1C. The van der Waals surface area contributed by atoms with E-state index in [-0.39, 0.29) is 16.9 Å². The van der Waals surface area contributed by atoms with Gasteiger partial charge in [0.25, 0.3) is 0 Å². The molecule has 1 N–H and O–H groups in total. The third kappa shape index (κ3) is 1.60. The lowest BCUT2D eigenvalue weighted by atomic mass is 10.0. The number of carboxylic acid groups (broad SMARTS) is 1. The number of aromatic nitrogens is 1. The number of hydrogen-bond donors (Lipinski definition) is 1. The van der Waals surface area contributed by atoms with Crippen molar-refractivity contribution in [3.05, 3.63) is 35.3 Å². The first-order valence-corrected chi connectivity index (χ1v) is 5.45. The molecular formula is C13H14FNO2. The van der Waals surface area contributed by atoms with E-state index in [0.29, 0.717) is 11.2 Å². The molecule has 90 valence electrons. The maximum Gasteiger partial charge on any atom is 0.338 e. The van der Waals surface area contributed by atoms with E-state index in [4.69, 9.17) is 0 Å². The summed E-state index contributed by atoms with van der Waals surface area (Å²) in [5, 5.41) is 9.47. The molecular weight excluding hydrogens is 221 g/mol. The van der Waals surface area contributed by atoms with Crippen molar-refractivity contribution in [2.45, 2.75) is 19.8 Å². The van der Waals surface area contributed by atoms with Crippen LogP contribution in [0.25, 0.3) is 10.9 Å². The minimum atomic E-state index is -1.08. The van der Waals surface area contributed by atoms with Gasteiger partial charge in [-0.05, 0) is 18.1 Å². The van der Waals surface area contributed by atoms with Crippen LogP contribution in [-0.2, 0) is 7.05 Å². The molecule has 2 aromatic rings. The van der Waals surface area contributed by atoms with E-state index < -0.39 is 11.8 Å². The molecule has 0 aliphatic heterocycles. The van der Waals surface area contributed by atoms with Crippen LogP contribution in [0.15, 0.2) is 18.2 Å². The lowest BCUT2D eigenvalue weighted by molar-refractivity contribution is 0.0696. The minimum Gasteiger partial charge on any atom is -0.478 e. The van der Waals surface area contributed by atoms with Gasteiger partial charge < -0.3 is 9.67 Å². The zero-order valence-corrected chi connectivity index (χ0v) is 9.99. The maximum absolute atomic E-state index is 13.8. The van der Waals surface area contributed by atoms with Crippen molar-refractivity contribution in [3.8, 4) is 0 Å². The van der Waals surface area contributed by atoms with E-state index in [0.717, 1.165) is 0 Å². The molecule has 1 heterocycles. The van der Waals surface area contributed by atoms with Gasteiger partial charge in [0.1, 0.15) is 5.82 Å². The van der Waals surface area contributed by atoms with Gasteiger partial charge in [-0.1, -0.05) is 19.9 Å².